The van der Waals surface area contributed by atoms with Gasteiger partial charge < -0.3 is 30.2 Å². The number of benzene rings is 1. The number of carbonyl (C=O) groups excluding carboxylic acids is 2. The number of amides is 1. The van der Waals surface area contributed by atoms with Gasteiger partial charge in [-0.2, -0.15) is 0 Å². The van der Waals surface area contributed by atoms with Gasteiger partial charge in [0.2, 0.25) is 5.91 Å². The molecule has 0 radical (unpaired) electrons. The van der Waals surface area contributed by atoms with Crippen molar-refractivity contribution in [2.45, 2.75) is 133 Å². The molecule has 1 heterocycles. The monoisotopic (exact) mass is 745 g/mol. The number of carbonyl (C=O) groups is 2. The van der Waals surface area contributed by atoms with Crippen molar-refractivity contribution in [3.63, 3.8) is 0 Å². The van der Waals surface area contributed by atoms with E-state index in [-0.39, 0.29) is 51.8 Å². The van der Waals surface area contributed by atoms with Crippen LogP contribution in [0.5, 0.6) is 5.88 Å². The van der Waals surface area contributed by atoms with Crippen molar-refractivity contribution in [1.82, 2.24) is 10.5 Å². The Balaban J connectivity index is 0.972. The summed E-state index contributed by atoms with van der Waals surface area (Å²) in [5.41, 5.74) is 0.291. The summed E-state index contributed by atoms with van der Waals surface area (Å²) in [6.07, 6.45) is 7.43. The van der Waals surface area contributed by atoms with Gasteiger partial charge in [-0.3, -0.25) is 9.42 Å². The van der Waals surface area contributed by atoms with Gasteiger partial charge in [-0.05, 0) is 135 Å². The number of fused-ring (bicyclic) bond motifs is 5. The van der Waals surface area contributed by atoms with Gasteiger partial charge in [0, 0.05) is 6.42 Å². The minimum atomic E-state index is -4.30. The van der Waals surface area contributed by atoms with E-state index in [0.717, 1.165) is 51.4 Å². The van der Waals surface area contributed by atoms with Crippen molar-refractivity contribution in [2.24, 2.45) is 46.3 Å². The molecule has 3 N–H and O–H groups in total. The molecule has 6 rings (SSSR count). The maximum Gasteiger partial charge on any atom is 0.415 e. The molecule has 12 atom stereocenters. The lowest BCUT2D eigenvalue weighted by Crippen LogP contribution is -2.58. The lowest BCUT2D eigenvalue weighted by molar-refractivity contribution is -0.832. The van der Waals surface area contributed by atoms with E-state index in [1.54, 1.807) is 6.07 Å². The van der Waals surface area contributed by atoms with Gasteiger partial charge in [0.05, 0.1) is 22.3 Å². The lowest BCUT2D eigenvalue weighted by atomic mass is 9.43. The van der Waals surface area contributed by atoms with E-state index in [1.807, 2.05) is 0 Å². The number of hydrogen-bond acceptors (Lipinski definition) is 11. The number of rotatable bonds is 12. The van der Waals surface area contributed by atoms with Gasteiger partial charge in [-0.25, -0.2) is 13.2 Å². The van der Waals surface area contributed by atoms with Crippen LogP contribution in [0.1, 0.15) is 98.8 Å². The van der Waals surface area contributed by atoms with Crippen molar-refractivity contribution in [1.29, 1.82) is 0 Å². The third-order valence-corrected chi connectivity index (χ3v) is 15.3. The predicted molar refractivity (Wildman–Crippen MR) is 187 cm³/mol. The zero-order valence-corrected chi connectivity index (χ0v) is 31.7. The molecular formula is C38H55N3O10S. The number of aliphatic hydroxyl groups excluding tert-OH is 2. The lowest BCUT2D eigenvalue weighted by Gasteiger charge is -2.62. The zero-order valence-electron chi connectivity index (χ0n) is 30.9. The normalized spacial score (nSPS) is 34.6. The number of nitrogens with zero attached hydrogens (tertiary/aromatic N) is 2. The second kappa shape index (κ2) is 14.9. The Bertz CT molecular complexity index is 1700. The van der Waals surface area contributed by atoms with Crippen molar-refractivity contribution in [2.75, 3.05) is 6.61 Å². The van der Waals surface area contributed by atoms with Crippen molar-refractivity contribution >= 4 is 21.7 Å². The highest BCUT2D eigenvalue weighted by atomic mass is 32.2. The van der Waals surface area contributed by atoms with E-state index in [0.29, 0.717) is 41.9 Å². The fourth-order valence-corrected chi connectivity index (χ4v) is 12.2. The van der Waals surface area contributed by atoms with Crippen molar-refractivity contribution in [3.8, 4) is 5.88 Å². The molecule has 0 bridgehead atoms. The molecule has 1 amide bonds. The number of sulfone groups is 1. The molecule has 52 heavy (non-hydrogen) atoms. The zero-order chi connectivity index (χ0) is 37.6. The third kappa shape index (κ3) is 7.19. The van der Waals surface area contributed by atoms with Crippen LogP contribution in [0.2, 0.25) is 0 Å². The van der Waals surface area contributed by atoms with Gasteiger partial charge in [0.1, 0.15) is 18.8 Å². The Morgan fingerprint density at radius 3 is 2.46 bits per heavy atom. The number of nitrogens with one attached hydrogen (secondary N) is 1. The van der Waals surface area contributed by atoms with E-state index in [4.69, 9.17) is 9.47 Å². The first-order chi connectivity index (χ1) is 24.6. The van der Waals surface area contributed by atoms with Gasteiger partial charge in [0.25, 0.3) is 9.84 Å². The minimum Gasteiger partial charge on any atom is -0.458 e. The van der Waals surface area contributed by atoms with E-state index in [1.165, 1.54) is 38.1 Å². The molecule has 4 aliphatic carbocycles. The number of aliphatic hydroxyl groups is 2. The van der Waals surface area contributed by atoms with Crippen LogP contribution in [0.4, 0.5) is 0 Å². The van der Waals surface area contributed by atoms with Crippen molar-refractivity contribution < 1.29 is 47.2 Å². The van der Waals surface area contributed by atoms with E-state index in [2.05, 4.69) is 35.9 Å². The smallest absolute Gasteiger partial charge is 0.415 e. The van der Waals surface area contributed by atoms with Crippen LogP contribution in [0.25, 0.3) is 0 Å². The number of ether oxygens (including phenoxy) is 2. The number of esters is 1. The van der Waals surface area contributed by atoms with Gasteiger partial charge in [-0.1, -0.05) is 39.0 Å². The first-order valence-corrected chi connectivity index (χ1v) is 20.4. The van der Waals surface area contributed by atoms with Gasteiger partial charge in [-0.15, -0.1) is 0 Å². The van der Waals surface area contributed by atoms with Gasteiger partial charge in [0.15, 0.2) is 0 Å². The summed E-state index contributed by atoms with van der Waals surface area (Å²) in [5.74, 6) is 0.869. The summed E-state index contributed by atoms with van der Waals surface area (Å²) in [5, 5.41) is 39.4. The SMILES string of the molecule is CC(COc1no[n+]([O-])c1S(=O)(=O)c1ccccc1)OC(=O)[C@H](C)NC(=O)CC[C@@H](C)[C@H]1CC[C@H]2C3[C@@H](O)C[C@@H]4C[C@H](O)CC[C@]4(C)[C@H]3CC[C@]12C. The Morgan fingerprint density at radius 2 is 1.73 bits per heavy atom. The molecule has 4 saturated carbocycles. The average molecular weight is 746 g/mol. The van der Waals surface area contributed by atoms with E-state index in [9.17, 15) is 33.4 Å². The fourth-order valence-electron chi connectivity index (χ4n) is 10.9. The second-order valence-corrected chi connectivity index (χ2v) is 18.5. The predicted octanol–water partition coefficient (Wildman–Crippen LogP) is 4.36. The average Bonchev–Trinajstić information content (AvgIpc) is 3.66. The topological polar surface area (TPSA) is 192 Å². The Kier molecular flexibility index (Phi) is 11.0. The van der Waals surface area contributed by atoms with E-state index >= 15 is 0 Å². The summed E-state index contributed by atoms with van der Waals surface area (Å²) in [7, 11) is -4.30. The van der Waals surface area contributed by atoms with Crippen LogP contribution in [-0.4, -0.2) is 66.6 Å². The summed E-state index contributed by atoms with van der Waals surface area (Å²) < 4.78 is 41.3. The van der Waals surface area contributed by atoms with Crippen LogP contribution in [0.15, 0.2) is 44.9 Å². The standard InChI is InChI=1S/C38H55N3O10S/c1-22(28-12-13-29-33-30(16-18-38(28,29)5)37(4)17-15-26(42)19-25(37)20-31(33)43)11-14-32(44)39-24(3)36(45)50-23(2)21-49-34-35(41(46)51-40-34)52(47,48)27-9-7-6-8-10-27/h6-10,22-26,28-31,33,42-43H,11-21H2,1-5H3,(H,39,44)/t22-,23?,24+,25+,26-,28-,29+,30+,31+,33?,37+,38-/m1/s1. The maximum absolute atomic E-state index is 13.0. The number of hydrogen-bond donors (Lipinski definition) is 3. The summed E-state index contributed by atoms with van der Waals surface area (Å²) in [4.78, 5) is 25.4. The Labute approximate surface area is 306 Å². The highest BCUT2D eigenvalue weighted by molar-refractivity contribution is 7.91. The van der Waals surface area contributed by atoms with Crippen LogP contribution >= 0.6 is 0 Å². The minimum absolute atomic E-state index is 0.108. The molecule has 1 aromatic heterocycles. The highest BCUT2D eigenvalue weighted by Gasteiger charge is 2.62. The molecule has 0 saturated heterocycles. The van der Waals surface area contributed by atoms with Crippen LogP contribution < -0.4 is 15.0 Å². The number of aromatic nitrogens is 2. The molecule has 0 spiro atoms. The third-order valence-electron chi connectivity index (χ3n) is 13.6. The Hall–Kier alpha value is -3.23. The first kappa shape index (κ1) is 38.5. The molecule has 1 aromatic carbocycles. The molecular weight excluding hydrogens is 690 g/mol. The highest BCUT2D eigenvalue weighted by Crippen LogP contribution is 2.68. The molecule has 4 aliphatic rings. The molecule has 0 aliphatic heterocycles. The van der Waals surface area contributed by atoms with Crippen LogP contribution in [-0.2, 0) is 24.2 Å². The van der Waals surface area contributed by atoms with Crippen LogP contribution in [0.3, 0.4) is 0 Å². The van der Waals surface area contributed by atoms with Gasteiger partial charge >= 0.3 is 16.9 Å². The molecule has 14 heteroatoms. The largest absolute Gasteiger partial charge is 0.458 e. The maximum atomic E-state index is 13.0. The molecule has 13 nitrogen and oxygen atoms in total. The van der Waals surface area contributed by atoms with Crippen molar-refractivity contribution in [3.05, 3.63) is 35.5 Å². The fraction of sp³-hybridized carbons (Fsp3) is 0.737. The van der Waals surface area contributed by atoms with Crippen LogP contribution in [0, 0.1) is 51.5 Å². The summed E-state index contributed by atoms with van der Waals surface area (Å²) in [6.45, 7) is 9.81. The first-order valence-electron chi connectivity index (χ1n) is 18.9. The quantitative estimate of drug-likeness (QED) is 0.207. The molecule has 288 valence electrons. The summed E-state index contributed by atoms with van der Waals surface area (Å²) >= 11 is 0. The Morgan fingerprint density at radius 1 is 1.04 bits per heavy atom. The molecule has 2 unspecified atom stereocenters. The molecule has 4 fully saturated rings. The van der Waals surface area contributed by atoms with E-state index < -0.39 is 38.9 Å². The second-order valence-electron chi connectivity index (χ2n) is 16.7. The molecule has 2 aromatic rings. The summed E-state index contributed by atoms with van der Waals surface area (Å²) in [6, 6.07) is 6.36.